The second-order valence-electron chi connectivity index (χ2n) is 4.27. The SMILES string of the molecule is CCC(=NC(C)COC)C(CC)CC(Cl)C=O. The van der Waals surface area contributed by atoms with Crippen LogP contribution in [0.15, 0.2) is 4.99 Å². The number of carbonyl (C=O) groups is 1. The Kier molecular flexibility index (Phi) is 9.37. The highest BCUT2D eigenvalue weighted by atomic mass is 35.5. The molecule has 100 valence electrons. The number of ether oxygens (including phenoxy) is 1. The predicted molar refractivity (Wildman–Crippen MR) is 73.2 cm³/mol. The molecule has 0 aliphatic heterocycles. The van der Waals surface area contributed by atoms with Crippen molar-refractivity contribution in [2.45, 2.75) is 51.5 Å². The summed E-state index contributed by atoms with van der Waals surface area (Å²) in [6.07, 6.45) is 3.34. The molecule has 0 aromatic rings. The molecule has 3 atom stereocenters. The average Bonchev–Trinajstić information content (AvgIpc) is 2.33. The fourth-order valence-corrected chi connectivity index (χ4v) is 2.13. The van der Waals surface area contributed by atoms with Gasteiger partial charge in [0, 0.05) is 12.8 Å². The Labute approximate surface area is 110 Å². The molecule has 0 saturated carbocycles. The van der Waals surface area contributed by atoms with E-state index in [4.69, 9.17) is 16.3 Å². The number of hydrogen-bond donors (Lipinski definition) is 0. The van der Waals surface area contributed by atoms with E-state index in [0.717, 1.165) is 24.8 Å². The second kappa shape index (κ2) is 9.60. The number of aliphatic imine (C=N–C) groups is 1. The summed E-state index contributed by atoms with van der Waals surface area (Å²) < 4.78 is 5.08. The van der Waals surface area contributed by atoms with Crippen molar-refractivity contribution in [3.05, 3.63) is 0 Å². The fraction of sp³-hybridized carbons (Fsp3) is 0.846. The van der Waals surface area contributed by atoms with Gasteiger partial charge >= 0.3 is 0 Å². The molecule has 0 heterocycles. The van der Waals surface area contributed by atoms with Crippen molar-refractivity contribution in [1.29, 1.82) is 0 Å². The van der Waals surface area contributed by atoms with Gasteiger partial charge in [0.25, 0.3) is 0 Å². The van der Waals surface area contributed by atoms with Crippen LogP contribution in [0.2, 0.25) is 0 Å². The molecule has 0 aliphatic rings. The zero-order valence-electron chi connectivity index (χ0n) is 11.3. The lowest BCUT2D eigenvalue weighted by molar-refractivity contribution is -0.107. The van der Waals surface area contributed by atoms with Gasteiger partial charge < -0.3 is 9.53 Å². The summed E-state index contributed by atoms with van der Waals surface area (Å²) >= 11 is 5.89. The van der Waals surface area contributed by atoms with Crippen molar-refractivity contribution in [3.8, 4) is 0 Å². The van der Waals surface area contributed by atoms with Crippen molar-refractivity contribution in [2.75, 3.05) is 13.7 Å². The first-order valence-electron chi connectivity index (χ1n) is 6.23. The fourth-order valence-electron chi connectivity index (χ4n) is 1.91. The Morgan fingerprint density at radius 2 is 2.12 bits per heavy atom. The van der Waals surface area contributed by atoms with Crippen LogP contribution in [-0.2, 0) is 9.53 Å². The predicted octanol–water partition coefficient (Wildman–Crippen LogP) is 3.09. The van der Waals surface area contributed by atoms with Gasteiger partial charge in [0.1, 0.15) is 6.29 Å². The Bertz CT molecular complexity index is 244. The highest BCUT2D eigenvalue weighted by Gasteiger charge is 2.17. The minimum absolute atomic E-state index is 0.161. The average molecular weight is 262 g/mol. The van der Waals surface area contributed by atoms with Crippen LogP contribution in [0, 0.1) is 5.92 Å². The highest BCUT2D eigenvalue weighted by molar-refractivity contribution is 6.27. The number of nitrogens with zero attached hydrogens (tertiary/aromatic N) is 1. The molecule has 0 aromatic carbocycles. The van der Waals surface area contributed by atoms with E-state index in [0.29, 0.717) is 18.9 Å². The maximum absolute atomic E-state index is 10.6. The van der Waals surface area contributed by atoms with E-state index in [-0.39, 0.29) is 6.04 Å². The quantitative estimate of drug-likeness (QED) is 0.363. The van der Waals surface area contributed by atoms with Crippen LogP contribution in [0.4, 0.5) is 0 Å². The second-order valence-corrected chi connectivity index (χ2v) is 4.83. The van der Waals surface area contributed by atoms with Crippen molar-refractivity contribution < 1.29 is 9.53 Å². The zero-order valence-corrected chi connectivity index (χ0v) is 12.0. The van der Waals surface area contributed by atoms with Crippen molar-refractivity contribution in [2.24, 2.45) is 10.9 Å². The van der Waals surface area contributed by atoms with Crippen LogP contribution < -0.4 is 0 Å². The topological polar surface area (TPSA) is 38.7 Å². The maximum Gasteiger partial charge on any atom is 0.137 e. The van der Waals surface area contributed by atoms with Gasteiger partial charge in [-0.15, -0.1) is 11.6 Å². The maximum atomic E-state index is 10.6. The molecule has 0 N–H and O–H groups in total. The summed E-state index contributed by atoms with van der Waals surface area (Å²) in [6, 6.07) is 0.161. The molecule has 0 rings (SSSR count). The van der Waals surface area contributed by atoms with E-state index in [1.54, 1.807) is 7.11 Å². The third-order valence-electron chi connectivity index (χ3n) is 2.78. The molecule has 3 nitrogen and oxygen atoms in total. The Morgan fingerprint density at radius 1 is 1.47 bits per heavy atom. The first-order chi connectivity index (χ1) is 8.08. The number of halogens is 1. The number of alkyl halides is 1. The molecule has 0 bridgehead atoms. The molecule has 0 fully saturated rings. The van der Waals surface area contributed by atoms with Gasteiger partial charge in [0.2, 0.25) is 0 Å². The molecule has 17 heavy (non-hydrogen) atoms. The van der Waals surface area contributed by atoms with E-state index in [1.807, 2.05) is 6.92 Å². The molecule has 0 aliphatic carbocycles. The number of carbonyl (C=O) groups excluding carboxylic acids is 1. The normalized spacial score (nSPS) is 17.6. The van der Waals surface area contributed by atoms with Gasteiger partial charge in [-0.25, -0.2) is 0 Å². The summed E-state index contributed by atoms with van der Waals surface area (Å²) in [7, 11) is 1.68. The van der Waals surface area contributed by atoms with Crippen LogP contribution in [0.5, 0.6) is 0 Å². The minimum Gasteiger partial charge on any atom is -0.382 e. The molecular weight excluding hydrogens is 238 g/mol. The molecule has 3 unspecified atom stereocenters. The van der Waals surface area contributed by atoms with E-state index in [2.05, 4.69) is 18.8 Å². The largest absolute Gasteiger partial charge is 0.382 e. The summed E-state index contributed by atoms with van der Waals surface area (Å²) in [5.74, 6) is 0.298. The monoisotopic (exact) mass is 261 g/mol. The molecule has 0 amide bonds. The van der Waals surface area contributed by atoms with E-state index in [1.165, 1.54) is 0 Å². The van der Waals surface area contributed by atoms with E-state index < -0.39 is 5.38 Å². The molecule has 0 spiro atoms. The lowest BCUT2D eigenvalue weighted by atomic mass is 9.93. The van der Waals surface area contributed by atoms with Gasteiger partial charge in [0.15, 0.2) is 0 Å². The Balaban J connectivity index is 4.61. The molecule has 0 radical (unpaired) electrons. The molecule has 0 aromatic heterocycles. The summed E-state index contributed by atoms with van der Waals surface area (Å²) in [6.45, 7) is 6.85. The Morgan fingerprint density at radius 3 is 2.53 bits per heavy atom. The lowest BCUT2D eigenvalue weighted by Crippen LogP contribution is -2.21. The van der Waals surface area contributed by atoms with Crippen LogP contribution in [0.25, 0.3) is 0 Å². The van der Waals surface area contributed by atoms with Gasteiger partial charge in [-0.3, -0.25) is 4.99 Å². The molecule has 0 saturated heterocycles. The van der Waals surface area contributed by atoms with Crippen LogP contribution in [0.3, 0.4) is 0 Å². The molecule has 4 heteroatoms. The number of aldehydes is 1. The Hall–Kier alpha value is -0.410. The first kappa shape index (κ1) is 16.6. The molecular formula is C13H24ClNO2. The van der Waals surface area contributed by atoms with Crippen molar-refractivity contribution >= 4 is 23.6 Å². The summed E-state index contributed by atoms with van der Waals surface area (Å²) in [5, 5.41) is -0.408. The lowest BCUT2D eigenvalue weighted by Gasteiger charge is -2.19. The van der Waals surface area contributed by atoms with Gasteiger partial charge in [-0.2, -0.15) is 0 Å². The smallest absolute Gasteiger partial charge is 0.137 e. The van der Waals surface area contributed by atoms with E-state index >= 15 is 0 Å². The summed E-state index contributed by atoms with van der Waals surface area (Å²) in [5.41, 5.74) is 1.14. The van der Waals surface area contributed by atoms with Crippen LogP contribution in [0.1, 0.15) is 40.0 Å². The summed E-state index contributed by atoms with van der Waals surface area (Å²) in [4.78, 5) is 15.3. The van der Waals surface area contributed by atoms with Gasteiger partial charge in [0.05, 0.1) is 18.0 Å². The third kappa shape index (κ3) is 6.79. The van der Waals surface area contributed by atoms with Crippen molar-refractivity contribution in [3.63, 3.8) is 0 Å². The number of rotatable bonds is 9. The standard InChI is InChI=1S/C13H24ClNO2/c1-5-11(7-12(14)8-16)13(6-2)15-10(3)9-17-4/h8,10-12H,5-7,9H2,1-4H3. The van der Waals surface area contributed by atoms with Gasteiger partial charge in [-0.05, 0) is 32.1 Å². The number of hydrogen-bond acceptors (Lipinski definition) is 3. The highest BCUT2D eigenvalue weighted by Crippen LogP contribution is 2.18. The van der Waals surface area contributed by atoms with Crippen LogP contribution >= 0.6 is 11.6 Å². The van der Waals surface area contributed by atoms with Gasteiger partial charge in [-0.1, -0.05) is 13.8 Å². The first-order valence-corrected chi connectivity index (χ1v) is 6.67. The van der Waals surface area contributed by atoms with Crippen molar-refractivity contribution in [1.82, 2.24) is 0 Å². The zero-order chi connectivity index (χ0) is 13.3. The van der Waals surface area contributed by atoms with E-state index in [9.17, 15) is 4.79 Å². The minimum atomic E-state index is -0.408. The third-order valence-corrected chi connectivity index (χ3v) is 3.06. The number of methoxy groups -OCH3 is 1. The van der Waals surface area contributed by atoms with Crippen LogP contribution in [-0.4, -0.2) is 37.1 Å².